The maximum absolute atomic E-state index is 13.4. The van der Waals surface area contributed by atoms with Gasteiger partial charge in [-0.2, -0.15) is 5.10 Å². The van der Waals surface area contributed by atoms with Crippen molar-refractivity contribution in [3.8, 4) is 0 Å². The predicted octanol–water partition coefficient (Wildman–Crippen LogP) is 1.51. The Bertz CT molecular complexity index is 757. The summed E-state index contributed by atoms with van der Waals surface area (Å²) in [5.41, 5.74) is 1.83. The molecule has 2 saturated heterocycles. The van der Waals surface area contributed by atoms with E-state index in [9.17, 15) is 4.79 Å². The number of aromatic nitrogens is 2. The lowest BCUT2D eigenvalue weighted by atomic mass is 9.73. The van der Waals surface area contributed by atoms with Gasteiger partial charge in [-0.15, -0.1) is 0 Å². The summed E-state index contributed by atoms with van der Waals surface area (Å²) in [6, 6.07) is 3.95. The molecule has 26 heavy (non-hydrogen) atoms. The van der Waals surface area contributed by atoms with E-state index in [1.54, 1.807) is 12.5 Å². The van der Waals surface area contributed by atoms with Crippen molar-refractivity contribution < 1.29 is 13.9 Å². The van der Waals surface area contributed by atoms with Gasteiger partial charge in [-0.1, -0.05) is 0 Å². The number of hydrogen-bond donors (Lipinski definition) is 0. The van der Waals surface area contributed by atoms with Gasteiger partial charge in [0.2, 0.25) is 5.91 Å². The third-order valence-electron chi connectivity index (χ3n) is 5.86. The summed E-state index contributed by atoms with van der Waals surface area (Å²) in [4.78, 5) is 17.7. The van der Waals surface area contributed by atoms with E-state index in [1.807, 2.05) is 42.0 Å². The average Bonchev–Trinajstić information content (AvgIpc) is 3.35. The molecule has 0 N–H and O–H groups in total. The van der Waals surface area contributed by atoms with Crippen LogP contribution in [0, 0.1) is 11.3 Å². The van der Waals surface area contributed by atoms with Crippen LogP contribution in [-0.2, 0) is 29.7 Å². The molecule has 0 radical (unpaired) electrons. The number of nitrogens with zero attached hydrogens (tertiary/aromatic N) is 4. The molecule has 2 aromatic rings. The molecule has 140 valence electrons. The van der Waals surface area contributed by atoms with Crippen molar-refractivity contribution in [2.75, 3.05) is 33.4 Å². The summed E-state index contributed by atoms with van der Waals surface area (Å²) >= 11 is 0. The smallest absolute Gasteiger partial charge is 0.230 e. The van der Waals surface area contributed by atoms with E-state index < -0.39 is 0 Å². The number of carbonyl (C=O) groups excluding carboxylic acids is 1. The SMILES string of the molecule is CN(Cc1ccoc1)C(=O)C12CCOCC1CN(Cc1ccnn1C)C2. The van der Waals surface area contributed by atoms with Crippen molar-refractivity contribution >= 4 is 5.91 Å². The quantitative estimate of drug-likeness (QED) is 0.811. The summed E-state index contributed by atoms with van der Waals surface area (Å²) < 4.78 is 12.8. The Hall–Kier alpha value is -2.12. The molecule has 4 rings (SSSR count). The van der Waals surface area contributed by atoms with Crippen LogP contribution in [0.25, 0.3) is 0 Å². The van der Waals surface area contributed by atoms with Crippen LogP contribution in [0.1, 0.15) is 17.7 Å². The molecule has 2 fully saturated rings. The molecule has 0 bridgehead atoms. The lowest BCUT2D eigenvalue weighted by molar-refractivity contribution is -0.149. The number of hydrogen-bond acceptors (Lipinski definition) is 5. The molecule has 1 amide bonds. The van der Waals surface area contributed by atoms with Gasteiger partial charge >= 0.3 is 0 Å². The molecule has 2 aliphatic heterocycles. The van der Waals surface area contributed by atoms with Crippen molar-refractivity contribution in [2.45, 2.75) is 19.5 Å². The fraction of sp³-hybridized carbons (Fsp3) is 0.579. The van der Waals surface area contributed by atoms with Crippen LogP contribution in [0.2, 0.25) is 0 Å². The van der Waals surface area contributed by atoms with E-state index in [0.717, 1.165) is 31.6 Å². The van der Waals surface area contributed by atoms with E-state index in [-0.39, 0.29) is 17.2 Å². The number of carbonyl (C=O) groups is 1. The van der Waals surface area contributed by atoms with Gasteiger partial charge in [-0.05, 0) is 18.6 Å². The largest absolute Gasteiger partial charge is 0.472 e. The minimum atomic E-state index is -0.352. The fourth-order valence-corrected chi connectivity index (χ4v) is 4.42. The van der Waals surface area contributed by atoms with E-state index >= 15 is 0 Å². The van der Waals surface area contributed by atoms with Gasteiger partial charge in [0.1, 0.15) is 0 Å². The number of ether oxygens (including phenoxy) is 1. The third-order valence-corrected chi connectivity index (χ3v) is 5.86. The first-order chi connectivity index (χ1) is 12.6. The highest BCUT2D eigenvalue weighted by Crippen LogP contribution is 2.44. The Kier molecular flexibility index (Phi) is 4.58. The van der Waals surface area contributed by atoms with Crippen LogP contribution >= 0.6 is 0 Å². The summed E-state index contributed by atoms with van der Waals surface area (Å²) in [5.74, 6) is 0.461. The molecule has 0 aromatic carbocycles. The minimum Gasteiger partial charge on any atom is -0.472 e. The molecule has 4 heterocycles. The highest BCUT2D eigenvalue weighted by molar-refractivity contribution is 5.83. The summed E-state index contributed by atoms with van der Waals surface area (Å²) in [6.07, 6.45) is 5.95. The van der Waals surface area contributed by atoms with Crippen LogP contribution < -0.4 is 0 Å². The highest BCUT2D eigenvalue weighted by atomic mass is 16.5. The molecule has 2 unspecified atom stereocenters. The van der Waals surface area contributed by atoms with Gasteiger partial charge in [-0.25, -0.2) is 0 Å². The fourth-order valence-electron chi connectivity index (χ4n) is 4.42. The molecule has 2 aliphatic rings. The average molecular weight is 358 g/mol. The normalized spacial score (nSPS) is 26.0. The number of aryl methyl sites for hydroxylation is 1. The van der Waals surface area contributed by atoms with Gasteiger partial charge in [-0.3, -0.25) is 14.4 Å². The first-order valence-electron chi connectivity index (χ1n) is 9.12. The van der Waals surface area contributed by atoms with E-state index in [2.05, 4.69) is 10.00 Å². The Labute approximate surface area is 153 Å². The standard InChI is InChI=1S/C19H26N4O3/c1-21(9-15-4-7-25-12-15)18(24)19-5-8-26-13-16(19)10-23(14-19)11-17-3-6-20-22(17)2/h3-4,6-7,12,16H,5,8-11,13-14H2,1-2H3. The molecular weight excluding hydrogens is 332 g/mol. The van der Waals surface area contributed by atoms with Crippen LogP contribution in [0.3, 0.4) is 0 Å². The van der Waals surface area contributed by atoms with Crippen LogP contribution in [0.15, 0.2) is 35.3 Å². The van der Waals surface area contributed by atoms with E-state index in [1.165, 1.54) is 5.69 Å². The highest BCUT2D eigenvalue weighted by Gasteiger charge is 2.54. The van der Waals surface area contributed by atoms with Crippen molar-refractivity contribution in [3.63, 3.8) is 0 Å². The topological polar surface area (TPSA) is 63.7 Å². The maximum Gasteiger partial charge on any atom is 0.230 e. The van der Waals surface area contributed by atoms with Crippen LogP contribution in [0.4, 0.5) is 0 Å². The Morgan fingerprint density at radius 1 is 1.46 bits per heavy atom. The number of furan rings is 1. The lowest BCUT2D eigenvalue weighted by Gasteiger charge is -2.39. The first-order valence-corrected chi connectivity index (χ1v) is 9.12. The molecule has 2 atom stereocenters. The molecular formula is C19H26N4O3. The number of fused-ring (bicyclic) bond motifs is 1. The minimum absolute atomic E-state index is 0.222. The lowest BCUT2D eigenvalue weighted by Crippen LogP contribution is -2.50. The second-order valence-electron chi connectivity index (χ2n) is 7.59. The van der Waals surface area contributed by atoms with Gasteiger partial charge in [0.05, 0.1) is 30.2 Å². The van der Waals surface area contributed by atoms with E-state index in [0.29, 0.717) is 19.8 Å². The first kappa shape index (κ1) is 17.3. The van der Waals surface area contributed by atoms with E-state index in [4.69, 9.17) is 9.15 Å². The summed E-state index contributed by atoms with van der Waals surface area (Å²) in [7, 11) is 3.85. The van der Waals surface area contributed by atoms with Crippen molar-refractivity contribution in [2.24, 2.45) is 18.4 Å². The zero-order chi connectivity index (χ0) is 18.1. The Morgan fingerprint density at radius 2 is 2.35 bits per heavy atom. The van der Waals surface area contributed by atoms with Gasteiger partial charge in [0.25, 0.3) is 0 Å². The number of likely N-dealkylation sites (tertiary alicyclic amines) is 1. The Balaban J connectivity index is 1.51. The number of rotatable bonds is 5. The monoisotopic (exact) mass is 358 g/mol. The molecule has 0 aliphatic carbocycles. The van der Waals surface area contributed by atoms with Gasteiger partial charge in [0, 0.05) is 64.6 Å². The Morgan fingerprint density at radius 3 is 3.08 bits per heavy atom. The predicted molar refractivity (Wildman–Crippen MR) is 95.0 cm³/mol. The third kappa shape index (κ3) is 3.05. The van der Waals surface area contributed by atoms with Crippen molar-refractivity contribution in [3.05, 3.63) is 42.1 Å². The molecule has 7 heteroatoms. The summed E-state index contributed by atoms with van der Waals surface area (Å²) in [6.45, 7) is 4.37. The van der Waals surface area contributed by atoms with Crippen LogP contribution in [-0.4, -0.2) is 58.8 Å². The van der Waals surface area contributed by atoms with Crippen LogP contribution in [0.5, 0.6) is 0 Å². The van der Waals surface area contributed by atoms with Crippen molar-refractivity contribution in [1.82, 2.24) is 19.6 Å². The van der Waals surface area contributed by atoms with Crippen molar-refractivity contribution in [1.29, 1.82) is 0 Å². The molecule has 2 aromatic heterocycles. The molecule has 0 saturated carbocycles. The number of amides is 1. The van der Waals surface area contributed by atoms with Gasteiger partial charge in [0.15, 0.2) is 0 Å². The second kappa shape index (κ2) is 6.89. The summed E-state index contributed by atoms with van der Waals surface area (Å²) in [5, 5.41) is 4.25. The van der Waals surface area contributed by atoms with Gasteiger partial charge < -0.3 is 14.1 Å². The zero-order valence-corrected chi connectivity index (χ0v) is 15.4. The molecule has 0 spiro atoms. The maximum atomic E-state index is 13.4. The zero-order valence-electron chi connectivity index (χ0n) is 15.4. The second-order valence-corrected chi connectivity index (χ2v) is 7.59. The molecule has 7 nitrogen and oxygen atoms in total.